The van der Waals surface area contributed by atoms with Crippen LogP contribution in [0.4, 0.5) is 5.69 Å². The van der Waals surface area contributed by atoms with E-state index in [1.807, 2.05) is 54.6 Å². The van der Waals surface area contributed by atoms with Crippen molar-refractivity contribution in [2.24, 2.45) is 0 Å². The van der Waals surface area contributed by atoms with Gasteiger partial charge < -0.3 is 14.8 Å². The smallest absolute Gasteiger partial charge is 0.174 e. The molecule has 0 aliphatic rings. The minimum absolute atomic E-state index is 0.0549. The van der Waals surface area contributed by atoms with Gasteiger partial charge in [-0.1, -0.05) is 18.2 Å². The lowest BCUT2D eigenvalue weighted by atomic mass is 10.2. The van der Waals surface area contributed by atoms with Gasteiger partial charge in [0.1, 0.15) is 17.6 Å². The first kappa shape index (κ1) is 13.8. The van der Waals surface area contributed by atoms with Gasteiger partial charge in [-0.25, -0.2) is 0 Å². The molecule has 4 heteroatoms. The summed E-state index contributed by atoms with van der Waals surface area (Å²) in [6.07, 6.45) is 0. The second-order valence-corrected chi connectivity index (χ2v) is 4.18. The molecule has 0 aliphatic carbocycles. The molecule has 2 aromatic carbocycles. The number of anilines is 1. The quantitative estimate of drug-likeness (QED) is 0.874. The van der Waals surface area contributed by atoms with E-state index >= 15 is 0 Å². The van der Waals surface area contributed by atoms with Crippen molar-refractivity contribution in [3.63, 3.8) is 0 Å². The van der Waals surface area contributed by atoms with E-state index < -0.39 is 0 Å². The molecule has 0 atom stereocenters. The summed E-state index contributed by atoms with van der Waals surface area (Å²) in [5.74, 6) is 1.53. The van der Waals surface area contributed by atoms with Crippen LogP contribution in [-0.2, 0) is 6.54 Å². The highest BCUT2D eigenvalue weighted by Gasteiger charge is 1.99. The molecule has 4 nitrogen and oxygen atoms in total. The highest BCUT2D eigenvalue weighted by atomic mass is 16.5. The van der Waals surface area contributed by atoms with E-state index in [1.54, 1.807) is 7.11 Å². The van der Waals surface area contributed by atoms with Gasteiger partial charge in [0.2, 0.25) is 0 Å². The Labute approximate surface area is 118 Å². The van der Waals surface area contributed by atoms with Crippen molar-refractivity contribution in [3.8, 4) is 17.6 Å². The fourth-order valence-electron chi connectivity index (χ4n) is 1.80. The van der Waals surface area contributed by atoms with Gasteiger partial charge in [-0.3, -0.25) is 0 Å². The minimum atomic E-state index is 0.0549. The molecule has 2 rings (SSSR count). The third-order valence-electron chi connectivity index (χ3n) is 2.77. The molecule has 0 amide bonds. The van der Waals surface area contributed by atoms with Crippen LogP contribution < -0.4 is 14.8 Å². The number of benzene rings is 2. The maximum absolute atomic E-state index is 8.50. The van der Waals surface area contributed by atoms with E-state index in [1.165, 1.54) is 0 Å². The van der Waals surface area contributed by atoms with Crippen molar-refractivity contribution < 1.29 is 9.47 Å². The lowest BCUT2D eigenvalue weighted by molar-refractivity contribution is 0.368. The lowest BCUT2D eigenvalue weighted by Gasteiger charge is -2.09. The Kier molecular flexibility index (Phi) is 4.85. The molecular formula is C16H16N2O2. The van der Waals surface area contributed by atoms with Crippen LogP contribution in [0.2, 0.25) is 0 Å². The molecule has 0 heterocycles. The molecule has 0 bridgehead atoms. The van der Waals surface area contributed by atoms with Gasteiger partial charge >= 0.3 is 0 Å². The van der Waals surface area contributed by atoms with Crippen molar-refractivity contribution in [3.05, 3.63) is 54.1 Å². The van der Waals surface area contributed by atoms with Crippen molar-refractivity contribution in [2.45, 2.75) is 6.54 Å². The van der Waals surface area contributed by atoms with Crippen LogP contribution in [0.25, 0.3) is 0 Å². The van der Waals surface area contributed by atoms with Crippen LogP contribution in [0.3, 0.4) is 0 Å². The number of hydrogen-bond acceptors (Lipinski definition) is 4. The molecule has 0 radical (unpaired) electrons. The average molecular weight is 268 g/mol. The Hall–Kier alpha value is -2.67. The van der Waals surface area contributed by atoms with Gasteiger partial charge in [-0.15, -0.1) is 0 Å². The maximum Gasteiger partial charge on any atom is 0.174 e. The average Bonchev–Trinajstić information content (AvgIpc) is 2.51. The van der Waals surface area contributed by atoms with Gasteiger partial charge in [0.15, 0.2) is 6.61 Å². The van der Waals surface area contributed by atoms with Crippen LogP contribution in [0.1, 0.15) is 5.56 Å². The summed E-state index contributed by atoms with van der Waals surface area (Å²) in [6.45, 7) is 0.748. The van der Waals surface area contributed by atoms with Gasteiger partial charge in [-0.05, 0) is 29.8 Å². The van der Waals surface area contributed by atoms with Gasteiger partial charge in [0.05, 0.1) is 7.11 Å². The van der Waals surface area contributed by atoms with E-state index in [0.29, 0.717) is 12.3 Å². The molecule has 20 heavy (non-hydrogen) atoms. The Balaban J connectivity index is 1.98. The zero-order chi connectivity index (χ0) is 14.2. The molecule has 1 N–H and O–H groups in total. The zero-order valence-electron chi connectivity index (χ0n) is 11.3. The van der Waals surface area contributed by atoms with Crippen molar-refractivity contribution in [1.29, 1.82) is 5.26 Å². The minimum Gasteiger partial charge on any atom is -0.497 e. The molecule has 0 unspecified atom stereocenters. The number of rotatable bonds is 6. The van der Waals surface area contributed by atoms with Gasteiger partial charge in [0, 0.05) is 18.3 Å². The Morgan fingerprint density at radius 1 is 1.10 bits per heavy atom. The predicted octanol–water partition coefficient (Wildman–Crippen LogP) is 3.21. The maximum atomic E-state index is 8.50. The van der Waals surface area contributed by atoms with E-state index in [-0.39, 0.29) is 6.61 Å². The molecule has 0 spiro atoms. The van der Waals surface area contributed by atoms with E-state index in [2.05, 4.69) is 5.32 Å². The second kappa shape index (κ2) is 7.05. The van der Waals surface area contributed by atoms with Crippen molar-refractivity contribution in [1.82, 2.24) is 0 Å². The number of nitrogens with zero attached hydrogens (tertiary/aromatic N) is 1. The molecule has 0 saturated heterocycles. The summed E-state index contributed by atoms with van der Waals surface area (Å²) in [6, 6.07) is 17.4. The fourth-order valence-corrected chi connectivity index (χ4v) is 1.80. The summed E-state index contributed by atoms with van der Waals surface area (Å²) in [7, 11) is 1.66. The lowest BCUT2D eigenvalue weighted by Crippen LogP contribution is -2.00. The van der Waals surface area contributed by atoms with Crippen molar-refractivity contribution in [2.75, 3.05) is 19.0 Å². The van der Waals surface area contributed by atoms with E-state index in [9.17, 15) is 0 Å². The second-order valence-electron chi connectivity index (χ2n) is 4.18. The molecule has 2 aromatic rings. The zero-order valence-corrected chi connectivity index (χ0v) is 11.3. The largest absolute Gasteiger partial charge is 0.497 e. The number of ether oxygens (including phenoxy) is 2. The number of methoxy groups -OCH3 is 1. The summed E-state index contributed by atoms with van der Waals surface area (Å²) < 4.78 is 10.5. The molecule has 102 valence electrons. The first-order valence-corrected chi connectivity index (χ1v) is 6.28. The van der Waals surface area contributed by atoms with Crippen LogP contribution in [0.15, 0.2) is 48.5 Å². The SMILES string of the molecule is COc1cccc(CNc2cccc(OCC#N)c2)c1. The molecule has 0 aromatic heterocycles. The highest BCUT2D eigenvalue weighted by molar-refractivity contribution is 5.48. The molecule has 0 aliphatic heterocycles. The predicted molar refractivity (Wildman–Crippen MR) is 77.9 cm³/mol. The third kappa shape index (κ3) is 3.92. The Bertz CT molecular complexity index is 605. The summed E-state index contributed by atoms with van der Waals surface area (Å²) in [5.41, 5.74) is 2.08. The number of hydrogen-bond donors (Lipinski definition) is 1. The fraction of sp³-hybridized carbons (Fsp3) is 0.188. The first-order valence-electron chi connectivity index (χ1n) is 6.28. The van der Waals surface area contributed by atoms with Crippen LogP contribution in [-0.4, -0.2) is 13.7 Å². The van der Waals surface area contributed by atoms with Crippen LogP contribution in [0.5, 0.6) is 11.5 Å². The van der Waals surface area contributed by atoms with Crippen LogP contribution >= 0.6 is 0 Å². The monoisotopic (exact) mass is 268 g/mol. The summed E-state index contributed by atoms with van der Waals surface area (Å²) in [4.78, 5) is 0. The number of nitrogens with one attached hydrogen (secondary N) is 1. The van der Waals surface area contributed by atoms with Crippen molar-refractivity contribution >= 4 is 5.69 Å². The van der Waals surface area contributed by atoms with E-state index in [4.69, 9.17) is 14.7 Å². The Morgan fingerprint density at radius 2 is 1.90 bits per heavy atom. The standard InChI is InChI=1S/C16H16N2O2/c1-19-15-6-2-4-13(10-15)12-18-14-5-3-7-16(11-14)20-9-8-17/h2-7,10-11,18H,9,12H2,1H3. The summed E-state index contributed by atoms with van der Waals surface area (Å²) >= 11 is 0. The normalized spacial score (nSPS) is 9.60. The van der Waals surface area contributed by atoms with Crippen LogP contribution in [0, 0.1) is 11.3 Å². The highest BCUT2D eigenvalue weighted by Crippen LogP contribution is 2.19. The van der Waals surface area contributed by atoms with Gasteiger partial charge in [0.25, 0.3) is 0 Å². The topological polar surface area (TPSA) is 54.3 Å². The molecule has 0 saturated carbocycles. The molecular weight excluding hydrogens is 252 g/mol. The Morgan fingerprint density at radius 3 is 2.70 bits per heavy atom. The third-order valence-corrected chi connectivity index (χ3v) is 2.77. The van der Waals surface area contributed by atoms with Gasteiger partial charge in [-0.2, -0.15) is 5.26 Å². The first-order chi connectivity index (χ1) is 9.81. The van der Waals surface area contributed by atoms with E-state index in [0.717, 1.165) is 17.0 Å². The molecule has 0 fully saturated rings. The summed E-state index contributed by atoms with van der Waals surface area (Å²) in [5, 5.41) is 11.8. The number of nitriles is 1.